The molecule has 0 bridgehead atoms. The van der Waals surface area contributed by atoms with Gasteiger partial charge in [-0.2, -0.15) is 0 Å². The van der Waals surface area contributed by atoms with Crippen molar-refractivity contribution in [2.75, 3.05) is 5.32 Å². The predicted octanol–water partition coefficient (Wildman–Crippen LogP) is 3.34. The summed E-state index contributed by atoms with van der Waals surface area (Å²) in [6.07, 6.45) is 0. The van der Waals surface area contributed by atoms with Crippen LogP contribution in [0.3, 0.4) is 0 Å². The van der Waals surface area contributed by atoms with Gasteiger partial charge in [0.1, 0.15) is 11.0 Å². The molecular weight excluding hydrogens is 273 g/mol. The highest BCUT2D eigenvalue weighted by atomic mass is 35.5. The Morgan fingerprint density at radius 1 is 1.22 bits per heavy atom. The van der Waals surface area contributed by atoms with Crippen LogP contribution in [0, 0.1) is 6.92 Å². The summed E-state index contributed by atoms with van der Waals surface area (Å²) in [5.74, 6) is 0.00665. The van der Waals surface area contributed by atoms with Gasteiger partial charge >= 0.3 is 0 Å². The molecule has 1 amide bonds. The maximum atomic E-state index is 12.0. The Balaban J connectivity index is 2.24. The number of nitrogens with one attached hydrogen (secondary N) is 1. The molecule has 0 radical (unpaired) electrons. The topological polar surface area (TPSA) is 54.9 Å². The van der Waals surface area contributed by atoms with Gasteiger partial charge in [0, 0.05) is 11.6 Å². The number of aromatic nitrogens is 2. The zero-order valence-electron chi connectivity index (χ0n) is 9.45. The normalized spacial score (nSPS) is 10.2. The Labute approximate surface area is 114 Å². The minimum absolute atomic E-state index is 0.0115. The highest BCUT2D eigenvalue weighted by Crippen LogP contribution is 2.16. The van der Waals surface area contributed by atoms with Gasteiger partial charge in [0.25, 0.3) is 5.91 Å². The fourth-order valence-electron chi connectivity index (χ4n) is 1.47. The molecular formula is C12H9Cl2N3O. The molecule has 1 aromatic carbocycles. The minimum Gasteiger partial charge on any atom is -0.306 e. The van der Waals surface area contributed by atoms with E-state index in [1.54, 1.807) is 12.1 Å². The molecule has 2 aromatic rings. The quantitative estimate of drug-likeness (QED) is 0.679. The standard InChI is InChI=1S/C12H9Cl2N3O/c1-7-4-2-3-5-8(7)11(18)16-10-6-9(13)15-12(14)17-10/h2-6H,1H3,(H,15,16,17,18). The lowest BCUT2D eigenvalue weighted by atomic mass is 10.1. The maximum absolute atomic E-state index is 12.0. The van der Waals surface area contributed by atoms with Crippen molar-refractivity contribution >= 4 is 34.9 Å². The summed E-state index contributed by atoms with van der Waals surface area (Å²) in [7, 11) is 0. The van der Waals surface area contributed by atoms with Gasteiger partial charge in [-0.3, -0.25) is 4.79 Å². The molecule has 2 rings (SSSR count). The monoisotopic (exact) mass is 281 g/mol. The van der Waals surface area contributed by atoms with Crippen molar-refractivity contribution in [3.63, 3.8) is 0 Å². The van der Waals surface area contributed by atoms with Crippen LogP contribution in [0.25, 0.3) is 0 Å². The first kappa shape index (κ1) is 12.8. The van der Waals surface area contributed by atoms with Crippen LogP contribution in [0.1, 0.15) is 15.9 Å². The van der Waals surface area contributed by atoms with Gasteiger partial charge in [0.05, 0.1) is 0 Å². The average molecular weight is 282 g/mol. The average Bonchev–Trinajstić information content (AvgIpc) is 2.27. The summed E-state index contributed by atoms with van der Waals surface area (Å²) in [4.78, 5) is 19.6. The maximum Gasteiger partial charge on any atom is 0.257 e. The Morgan fingerprint density at radius 3 is 2.61 bits per heavy atom. The molecule has 0 aliphatic rings. The van der Waals surface area contributed by atoms with Crippen LogP contribution in [0.15, 0.2) is 30.3 Å². The third-order valence-corrected chi connectivity index (χ3v) is 2.66. The van der Waals surface area contributed by atoms with Crippen molar-refractivity contribution in [3.8, 4) is 0 Å². The molecule has 0 saturated heterocycles. The third-order valence-electron chi connectivity index (χ3n) is 2.30. The van der Waals surface area contributed by atoms with E-state index in [1.165, 1.54) is 6.07 Å². The SMILES string of the molecule is Cc1ccccc1C(=O)Nc1cc(Cl)nc(Cl)n1. The number of anilines is 1. The summed E-state index contributed by atoms with van der Waals surface area (Å²) >= 11 is 11.4. The Bertz CT molecular complexity index is 581. The zero-order chi connectivity index (χ0) is 13.1. The second kappa shape index (κ2) is 5.33. The highest BCUT2D eigenvalue weighted by molar-refractivity contribution is 6.32. The van der Waals surface area contributed by atoms with Crippen molar-refractivity contribution in [2.24, 2.45) is 0 Å². The number of benzene rings is 1. The fraction of sp³-hybridized carbons (Fsp3) is 0.0833. The van der Waals surface area contributed by atoms with E-state index in [4.69, 9.17) is 23.2 Å². The summed E-state index contributed by atoms with van der Waals surface area (Å²) in [6, 6.07) is 8.68. The first-order valence-corrected chi connectivity index (χ1v) is 5.89. The molecule has 0 fully saturated rings. The number of nitrogens with zero attached hydrogens (tertiary/aromatic N) is 2. The summed E-state index contributed by atoms with van der Waals surface area (Å²) in [5, 5.41) is 2.79. The molecule has 1 aromatic heterocycles. The van der Waals surface area contributed by atoms with E-state index < -0.39 is 0 Å². The van der Waals surface area contributed by atoms with Crippen LogP contribution in [0.2, 0.25) is 10.4 Å². The molecule has 0 atom stereocenters. The van der Waals surface area contributed by atoms with E-state index in [2.05, 4.69) is 15.3 Å². The lowest BCUT2D eigenvalue weighted by Gasteiger charge is -2.07. The molecule has 92 valence electrons. The molecule has 6 heteroatoms. The number of carbonyl (C=O) groups is 1. The highest BCUT2D eigenvalue weighted by Gasteiger charge is 2.10. The van der Waals surface area contributed by atoms with E-state index in [9.17, 15) is 4.79 Å². The summed E-state index contributed by atoms with van der Waals surface area (Å²) < 4.78 is 0. The Hall–Kier alpha value is -1.65. The molecule has 0 unspecified atom stereocenters. The smallest absolute Gasteiger partial charge is 0.257 e. The van der Waals surface area contributed by atoms with Crippen LogP contribution in [-0.2, 0) is 0 Å². The van der Waals surface area contributed by atoms with Gasteiger partial charge in [0.2, 0.25) is 5.28 Å². The van der Waals surface area contributed by atoms with Gasteiger partial charge in [0.15, 0.2) is 0 Å². The van der Waals surface area contributed by atoms with E-state index in [0.717, 1.165) is 5.56 Å². The summed E-state index contributed by atoms with van der Waals surface area (Å²) in [5.41, 5.74) is 1.45. The van der Waals surface area contributed by atoms with Crippen LogP contribution in [0.5, 0.6) is 0 Å². The predicted molar refractivity (Wildman–Crippen MR) is 71.2 cm³/mol. The first-order chi connectivity index (χ1) is 8.56. The van der Waals surface area contributed by atoms with Gasteiger partial charge in [-0.15, -0.1) is 0 Å². The molecule has 0 saturated carbocycles. The second-order valence-electron chi connectivity index (χ2n) is 3.61. The van der Waals surface area contributed by atoms with Gasteiger partial charge in [-0.05, 0) is 30.2 Å². The summed E-state index contributed by atoms with van der Waals surface area (Å²) in [6.45, 7) is 1.86. The lowest BCUT2D eigenvalue weighted by Crippen LogP contribution is -2.14. The van der Waals surface area contributed by atoms with Crippen molar-refractivity contribution in [1.29, 1.82) is 0 Å². The van der Waals surface area contributed by atoms with Crippen molar-refractivity contribution < 1.29 is 4.79 Å². The van der Waals surface area contributed by atoms with Crippen LogP contribution >= 0.6 is 23.2 Å². The Morgan fingerprint density at radius 2 is 1.94 bits per heavy atom. The zero-order valence-corrected chi connectivity index (χ0v) is 11.0. The molecule has 1 N–H and O–H groups in total. The number of carbonyl (C=O) groups excluding carboxylic acids is 1. The van der Waals surface area contributed by atoms with Crippen molar-refractivity contribution in [1.82, 2.24) is 9.97 Å². The largest absolute Gasteiger partial charge is 0.306 e. The van der Waals surface area contributed by atoms with Gasteiger partial charge in [-0.1, -0.05) is 29.8 Å². The van der Waals surface area contributed by atoms with Crippen molar-refractivity contribution in [3.05, 3.63) is 51.9 Å². The number of rotatable bonds is 2. The van der Waals surface area contributed by atoms with Crippen LogP contribution in [-0.4, -0.2) is 15.9 Å². The Kier molecular flexibility index (Phi) is 3.79. The first-order valence-electron chi connectivity index (χ1n) is 5.13. The second-order valence-corrected chi connectivity index (χ2v) is 4.34. The fourth-order valence-corrected chi connectivity index (χ4v) is 1.87. The number of amides is 1. The molecule has 1 heterocycles. The van der Waals surface area contributed by atoms with Gasteiger partial charge in [-0.25, -0.2) is 9.97 Å². The molecule has 4 nitrogen and oxygen atoms in total. The van der Waals surface area contributed by atoms with Crippen molar-refractivity contribution in [2.45, 2.75) is 6.92 Å². The molecule has 0 aliphatic carbocycles. The van der Waals surface area contributed by atoms with E-state index >= 15 is 0 Å². The van der Waals surface area contributed by atoms with Crippen LogP contribution in [0.4, 0.5) is 5.82 Å². The van der Waals surface area contributed by atoms with E-state index in [0.29, 0.717) is 5.56 Å². The lowest BCUT2D eigenvalue weighted by molar-refractivity contribution is 0.102. The number of hydrogen-bond donors (Lipinski definition) is 1. The minimum atomic E-state index is -0.265. The van der Waals surface area contributed by atoms with E-state index in [1.807, 2.05) is 19.1 Å². The van der Waals surface area contributed by atoms with Crippen LogP contribution < -0.4 is 5.32 Å². The van der Waals surface area contributed by atoms with E-state index in [-0.39, 0.29) is 22.2 Å². The molecule has 0 aliphatic heterocycles. The number of aryl methyl sites for hydroxylation is 1. The number of halogens is 2. The molecule has 18 heavy (non-hydrogen) atoms. The third kappa shape index (κ3) is 2.97. The van der Waals surface area contributed by atoms with Gasteiger partial charge < -0.3 is 5.32 Å². The molecule has 0 spiro atoms. The number of hydrogen-bond acceptors (Lipinski definition) is 3.